The molecule has 1 atom stereocenters. The third kappa shape index (κ3) is 3.07. The number of rotatable bonds is 5. The molecule has 0 aromatic carbocycles. The minimum absolute atomic E-state index is 0.295. The third-order valence-corrected chi connectivity index (χ3v) is 5.40. The van der Waals surface area contributed by atoms with Crippen molar-refractivity contribution in [3.8, 4) is 0 Å². The molecule has 102 valence electrons. The van der Waals surface area contributed by atoms with Crippen molar-refractivity contribution in [1.29, 1.82) is 0 Å². The monoisotopic (exact) mass is 292 g/mol. The SMILES string of the molecule is Cc1ccc(C(NC2CC2)c2nc(C(C)C)cs2)s1. The van der Waals surface area contributed by atoms with Crippen molar-refractivity contribution in [2.45, 2.75) is 51.6 Å². The summed E-state index contributed by atoms with van der Waals surface area (Å²) in [5.74, 6) is 0.511. The lowest BCUT2D eigenvalue weighted by molar-refractivity contribution is 0.603. The Balaban J connectivity index is 1.88. The summed E-state index contributed by atoms with van der Waals surface area (Å²) in [5, 5.41) is 7.18. The van der Waals surface area contributed by atoms with E-state index in [0.717, 1.165) is 0 Å². The van der Waals surface area contributed by atoms with Crippen LogP contribution in [0, 0.1) is 6.92 Å². The molecule has 0 aliphatic heterocycles. The number of thiazole rings is 1. The van der Waals surface area contributed by atoms with E-state index < -0.39 is 0 Å². The van der Waals surface area contributed by atoms with E-state index in [1.54, 1.807) is 11.3 Å². The summed E-state index contributed by atoms with van der Waals surface area (Å²) in [6, 6.07) is 5.44. The average molecular weight is 292 g/mol. The first kappa shape index (κ1) is 13.3. The number of nitrogens with one attached hydrogen (secondary N) is 1. The second kappa shape index (κ2) is 5.35. The summed E-state index contributed by atoms with van der Waals surface area (Å²) in [5.41, 5.74) is 1.22. The molecule has 19 heavy (non-hydrogen) atoms. The van der Waals surface area contributed by atoms with E-state index in [-0.39, 0.29) is 0 Å². The minimum atomic E-state index is 0.295. The first-order chi connectivity index (χ1) is 9.13. The average Bonchev–Trinajstić information content (AvgIpc) is 2.89. The Bertz CT molecular complexity index is 552. The molecule has 2 heterocycles. The van der Waals surface area contributed by atoms with Gasteiger partial charge in [0.1, 0.15) is 5.01 Å². The van der Waals surface area contributed by atoms with Gasteiger partial charge in [0.15, 0.2) is 0 Å². The molecule has 2 aromatic rings. The van der Waals surface area contributed by atoms with E-state index in [1.165, 1.54) is 33.3 Å². The summed E-state index contributed by atoms with van der Waals surface area (Å²) in [6.45, 7) is 6.58. The molecular weight excluding hydrogens is 272 g/mol. The normalized spacial score (nSPS) is 17.1. The zero-order valence-corrected chi connectivity index (χ0v) is 13.3. The quantitative estimate of drug-likeness (QED) is 0.879. The van der Waals surface area contributed by atoms with Gasteiger partial charge in [0.2, 0.25) is 0 Å². The van der Waals surface area contributed by atoms with Crippen molar-refractivity contribution in [1.82, 2.24) is 10.3 Å². The molecule has 2 aromatic heterocycles. The minimum Gasteiger partial charge on any atom is -0.301 e. The van der Waals surface area contributed by atoms with Crippen LogP contribution >= 0.6 is 22.7 Å². The number of hydrogen-bond donors (Lipinski definition) is 1. The van der Waals surface area contributed by atoms with Gasteiger partial charge < -0.3 is 5.32 Å². The Morgan fingerprint density at radius 2 is 2.11 bits per heavy atom. The molecule has 1 N–H and O–H groups in total. The van der Waals surface area contributed by atoms with Gasteiger partial charge in [-0.3, -0.25) is 0 Å². The molecule has 2 nitrogen and oxygen atoms in total. The topological polar surface area (TPSA) is 24.9 Å². The van der Waals surface area contributed by atoms with Crippen LogP contribution in [0.3, 0.4) is 0 Å². The lowest BCUT2D eigenvalue weighted by Crippen LogP contribution is -2.23. The Labute approximate surface area is 122 Å². The zero-order chi connectivity index (χ0) is 13.4. The predicted molar refractivity (Wildman–Crippen MR) is 83.3 cm³/mol. The van der Waals surface area contributed by atoms with Crippen LogP contribution in [0.5, 0.6) is 0 Å². The molecule has 0 radical (unpaired) electrons. The first-order valence-corrected chi connectivity index (χ1v) is 8.61. The molecule has 1 unspecified atom stereocenters. The molecule has 4 heteroatoms. The Kier molecular flexibility index (Phi) is 3.74. The summed E-state index contributed by atoms with van der Waals surface area (Å²) < 4.78 is 0. The smallest absolute Gasteiger partial charge is 0.115 e. The van der Waals surface area contributed by atoms with E-state index in [4.69, 9.17) is 4.98 Å². The lowest BCUT2D eigenvalue weighted by Gasteiger charge is -2.14. The van der Waals surface area contributed by atoms with Crippen LogP contribution in [0.1, 0.15) is 59.1 Å². The molecule has 3 rings (SSSR count). The van der Waals surface area contributed by atoms with Gasteiger partial charge in [0.25, 0.3) is 0 Å². The number of hydrogen-bond acceptors (Lipinski definition) is 4. The number of aromatic nitrogens is 1. The highest BCUT2D eigenvalue weighted by atomic mass is 32.1. The van der Waals surface area contributed by atoms with Gasteiger partial charge in [-0.25, -0.2) is 4.98 Å². The summed E-state index contributed by atoms with van der Waals surface area (Å²) in [7, 11) is 0. The highest BCUT2D eigenvalue weighted by Gasteiger charge is 2.28. The molecule has 1 aliphatic rings. The van der Waals surface area contributed by atoms with Gasteiger partial charge in [-0.1, -0.05) is 13.8 Å². The van der Waals surface area contributed by atoms with Crippen molar-refractivity contribution in [3.63, 3.8) is 0 Å². The highest BCUT2D eigenvalue weighted by Crippen LogP contribution is 2.34. The Morgan fingerprint density at radius 3 is 2.63 bits per heavy atom. The summed E-state index contributed by atoms with van der Waals surface area (Å²) in [6.07, 6.45) is 2.62. The molecular formula is C15H20N2S2. The molecule has 1 aliphatic carbocycles. The van der Waals surface area contributed by atoms with Gasteiger partial charge >= 0.3 is 0 Å². The second-order valence-corrected chi connectivity index (χ2v) is 7.80. The fourth-order valence-electron chi connectivity index (χ4n) is 2.07. The third-order valence-electron chi connectivity index (χ3n) is 3.40. The predicted octanol–water partition coefficient (Wildman–Crippen LogP) is 4.48. The largest absolute Gasteiger partial charge is 0.301 e. The second-order valence-electron chi connectivity index (χ2n) is 5.59. The zero-order valence-electron chi connectivity index (χ0n) is 11.6. The van der Waals surface area contributed by atoms with E-state index in [0.29, 0.717) is 18.0 Å². The molecule has 0 spiro atoms. The fraction of sp³-hybridized carbons (Fsp3) is 0.533. The number of thiophene rings is 1. The van der Waals surface area contributed by atoms with Gasteiger partial charge in [0, 0.05) is 21.2 Å². The lowest BCUT2D eigenvalue weighted by atomic mass is 10.1. The van der Waals surface area contributed by atoms with Crippen molar-refractivity contribution in [2.75, 3.05) is 0 Å². The van der Waals surface area contributed by atoms with Crippen molar-refractivity contribution in [2.24, 2.45) is 0 Å². The van der Waals surface area contributed by atoms with Crippen LogP contribution in [-0.2, 0) is 0 Å². The molecule has 0 saturated heterocycles. The Morgan fingerprint density at radius 1 is 1.32 bits per heavy atom. The van der Waals surface area contributed by atoms with Crippen LogP contribution < -0.4 is 5.32 Å². The molecule has 0 amide bonds. The molecule has 1 saturated carbocycles. The maximum atomic E-state index is 4.84. The van der Waals surface area contributed by atoms with E-state index in [2.05, 4.69) is 43.6 Å². The maximum absolute atomic E-state index is 4.84. The van der Waals surface area contributed by atoms with Crippen LogP contribution in [0.15, 0.2) is 17.5 Å². The van der Waals surface area contributed by atoms with E-state index in [1.807, 2.05) is 11.3 Å². The van der Waals surface area contributed by atoms with Crippen LogP contribution in [-0.4, -0.2) is 11.0 Å². The molecule has 1 fully saturated rings. The fourth-order valence-corrected chi connectivity index (χ4v) is 4.14. The maximum Gasteiger partial charge on any atom is 0.115 e. The van der Waals surface area contributed by atoms with Gasteiger partial charge in [0.05, 0.1) is 11.7 Å². The highest BCUT2D eigenvalue weighted by molar-refractivity contribution is 7.12. The van der Waals surface area contributed by atoms with Crippen LogP contribution in [0.25, 0.3) is 0 Å². The summed E-state index contributed by atoms with van der Waals surface area (Å²) >= 11 is 3.68. The number of nitrogens with zero attached hydrogens (tertiary/aromatic N) is 1. The standard InChI is InChI=1S/C15H20N2S2/c1-9(2)12-8-18-15(17-12)14(16-11-5-6-11)13-7-4-10(3)19-13/h4,7-9,11,14,16H,5-6H2,1-3H3. The van der Waals surface area contributed by atoms with Crippen molar-refractivity contribution >= 4 is 22.7 Å². The van der Waals surface area contributed by atoms with Crippen LogP contribution in [0.4, 0.5) is 0 Å². The van der Waals surface area contributed by atoms with Gasteiger partial charge in [-0.2, -0.15) is 0 Å². The van der Waals surface area contributed by atoms with E-state index >= 15 is 0 Å². The summed E-state index contributed by atoms with van der Waals surface area (Å²) in [4.78, 5) is 7.61. The van der Waals surface area contributed by atoms with Gasteiger partial charge in [-0.15, -0.1) is 22.7 Å². The van der Waals surface area contributed by atoms with E-state index in [9.17, 15) is 0 Å². The first-order valence-electron chi connectivity index (χ1n) is 6.91. The van der Waals surface area contributed by atoms with Crippen molar-refractivity contribution < 1.29 is 0 Å². The van der Waals surface area contributed by atoms with Gasteiger partial charge in [-0.05, 0) is 37.8 Å². The number of aryl methyl sites for hydroxylation is 1. The van der Waals surface area contributed by atoms with Crippen LogP contribution in [0.2, 0.25) is 0 Å². The molecule has 0 bridgehead atoms. The Hall–Kier alpha value is -0.710. The van der Waals surface area contributed by atoms with Crippen molar-refractivity contribution in [3.05, 3.63) is 38.0 Å².